The van der Waals surface area contributed by atoms with Crippen molar-refractivity contribution < 1.29 is 8.42 Å². The topological polar surface area (TPSA) is 64.8 Å². The van der Waals surface area contributed by atoms with Gasteiger partial charge in [-0.25, -0.2) is 18.4 Å². The van der Waals surface area contributed by atoms with Gasteiger partial charge >= 0.3 is 0 Å². The Labute approximate surface area is 165 Å². The number of hydrogen-bond acceptors (Lipinski definition) is 4. The van der Waals surface area contributed by atoms with E-state index in [2.05, 4.69) is 30.3 Å². The van der Waals surface area contributed by atoms with Gasteiger partial charge in [0.05, 0.1) is 4.90 Å². The van der Waals surface area contributed by atoms with Crippen LogP contribution in [0.3, 0.4) is 0 Å². The number of imidazole rings is 1. The molecule has 1 aromatic carbocycles. The molecule has 0 spiro atoms. The number of fused-ring (bicyclic) bond motifs is 1. The number of hydrogen-bond donors (Lipinski definition) is 0. The number of nitrogens with zero attached hydrogens (tertiary/aromatic N) is 3. The van der Waals surface area contributed by atoms with E-state index in [0.29, 0.717) is 11.1 Å². The molecule has 0 aliphatic heterocycles. The molecule has 0 saturated carbocycles. The highest BCUT2D eigenvalue weighted by Gasteiger charge is 2.20. The Hall–Kier alpha value is -1.92. The first-order valence-electron chi connectivity index (χ1n) is 9.17. The predicted molar refractivity (Wildman–Crippen MR) is 110 cm³/mol. The first-order valence-corrected chi connectivity index (χ1v) is 11.4. The molecule has 2 aromatic heterocycles. The molecule has 0 aliphatic carbocycles. The van der Waals surface area contributed by atoms with Crippen LogP contribution in [-0.2, 0) is 16.3 Å². The molecule has 27 heavy (non-hydrogen) atoms. The first kappa shape index (κ1) is 19.8. The molecule has 0 unspecified atom stereocenters. The van der Waals surface area contributed by atoms with Gasteiger partial charge in [0.2, 0.25) is 0 Å². The number of rotatable bonds is 6. The third kappa shape index (κ3) is 3.60. The highest BCUT2D eigenvalue weighted by Crippen LogP contribution is 2.35. The van der Waals surface area contributed by atoms with Crippen molar-refractivity contribution >= 4 is 32.6 Å². The van der Waals surface area contributed by atoms with E-state index < -0.39 is 9.84 Å². The van der Waals surface area contributed by atoms with Gasteiger partial charge in [-0.15, -0.1) is 0 Å². The molecule has 0 N–H and O–H groups in total. The molecule has 5 nitrogen and oxygen atoms in total. The minimum atomic E-state index is -3.31. The molecule has 7 heteroatoms. The third-order valence-corrected chi connectivity index (χ3v) is 6.36. The van der Waals surface area contributed by atoms with Gasteiger partial charge in [0.15, 0.2) is 15.5 Å². The van der Waals surface area contributed by atoms with Crippen molar-refractivity contribution in [1.82, 2.24) is 14.5 Å². The summed E-state index contributed by atoms with van der Waals surface area (Å²) in [4.78, 5) is 9.67. The monoisotopic (exact) mass is 405 g/mol. The highest BCUT2D eigenvalue weighted by atomic mass is 35.5. The number of halogens is 1. The normalized spacial score (nSPS) is 12.2. The summed E-state index contributed by atoms with van der Waals surface area (Å²) in [6, 6.07) is 7.05. The van der Waals surface area contributed by atoms with Crippen LogP contribution >= 0.6 is 11.6 Å². The number of aryl methyl sites for hydroxylation is 1. The lowest BCUT2D eigenvalue weighted by Crippen LogP contribution is -2.11. The van der Waals surface area contributed by atoms with Gasteiger partial charge in [-0.3, -0.25) is 0 Å². The molecular weight excluding hydrogens is 382 g/mol. The van der Waals surface area contributed by atoms with Crippen molar-refractivity contribution in [3.05, 3.63) is 41.3 Å². The van der Waals surface area contributed by atoms with E-state index in [4.69, 9.17) is 16.6 Å². The summed E-state index contributed by atoms with van der Waals surface area (Å²) in [5.74, 6) is 1.00. The van der Waals surface area contributed by atoms with Crippen molar-refractivity contribution in [2.24, 2.45) is 0 Å². The Bertz CT molecular complexity index is 1090. The second kappa shape index (κ2) is 7.60. The van der Waals surface area contributed by atoms with Gasteiger partial charge in [0, 0.05) is 41.1 Å². The lowest BCUT2D eigenvalue weighted by atomic mass is 10.1. The maximum absolute atomic E-state index is 11.8. The van der Waals surface area contributed by atoms with Crippen LogP contribution in [-0.4, -0.2) is 29.2 Å². The summed E-state index contributed by atoms with van der Waals surface area (Å²) in [5, 5.41) is 0.389. The van der Waals surface area contributed by atoms with Crippen molar-refractivity contribution in [3.63, 3.8) is 0 Å². The fourth-order valence-corrected chi connectivity index (χ4v) is 4.48. The van der Waals surface area contributed by atoms with Crippen LogP contribution in [0.2, 0.25) is 5.02 Å². The summed E-state index contributed by atoms with van der Waals surface area (Å²) in [6.45, 7) is 6.43. The zero-order valence-electron chi connectivity index (χ0n) is 16.0. The van der Waals surface area contributed by atoms with Crippen molar-refractivity contribution in [3.8, 4) is 11.1 Å². The largest absolute Gasteiger partial charge is 0.310 e. The van der Waals surface area contributed by atoms with Crippen molar-refractivity contribution in [2.75, 3.05) is 6.26 Å². The van der Waals surface area contributed by atoms with Gasteiger partial charge in [0.1, 0.15) is 11.3 Å². The molecule has 0 bridgehead atoms. The van der Waals surface area contributed by atoms with Crippen LogP contribution in [0.5, 0.6) is 0 Å². The number of pyridine rings is 1. The Kier molecular flexibility index (Phi) is 5.58. The molecule has 3 aromatic rings. The molecule has 2 heterocycles. The quantitative estimate of drug-likeness (QED) is 0.573. The van der Waals surface area contributed by atoms with Crippen LogP contribution in [0.25, 0.3) is 22.3 Å². The SMILES string of the molecule is CCc1nc2c(-c3ccc(S(C)(=O)=O)cc3Cl)ccnc2n1C(CC)CC. The Morgan fingerprint density at radius 3 is 2.37 bits per heavy atom. The summed E-state index contributed by atoms with van der Waals surface area (Å²) in [7, 11) is -3.31. The van der Waals surface area contributed by atoms with Crippen LogP contribution in [0.1, 0.15) is 45.5 Å². The van der Waals surface area contributed by atoms with Gasteiger partial charge in [0.25, 0.3) is 0 Å². The number of benzene rings is 1. The molecule has 0 radical (unpaired) electrons. The van der Waals surface area contributed by atoms with Crippen LogP contribution in [0.15, 0.2) is 35.4 Å². The van der Waals surface area contributed by atoms with Crippen LogP contribution < -0.4 is 0 Å². The Morgan fingerprint density at radius 2 is 1.81 bits per heavy atom. The van der Waals surface area contributed by atoms with Gasteiger partial charge in [-0.1, -0.05) is 38.4 Å². The zero-order chi connectivity index (χ0) is 19.8. The maximum Gasteiger partial charge on any atom is 0.175 e. The third-order valence-electron chi connectivity index (χ3n) is 4.93. The van der Waals surface area contributed by atoms with Crippen LogP contribution in [0.4, 0.5) is 0 Å². The smallest absolute Gasteiger partial charge is 0.175 e. The first-order chi connectivity index (χ1) is 12.8. The van der Waals surface area contributed by atoms with Gasteiger partial charge < -0.3 is 4.57 Å². The van der Waals surface area contributed by atoms with E-state index in [1.54, 1.807) is 18.3 Å². The van der Waals surface area contributed by atoms with Crippen LogP contribution in [0, 0.1) is 0 Å². The van der Waals surface area contributed by atoms with E-state index >= 15 is 0 Å². The molecule has 0 amide bonds. The summed E-state index contributed by atoms with van der Waals surface area (Å²) < 4.78 is 25.8. The predicted octanol–water partition coefficient (Wildman–Crippen LogP) is 5.08. The summed E-state index contributed by atoms with van der Waals surface area (Å²) in [6.07, 6.45) is 5.76. The molecule has 0 saturated heterocycles. The van der Waals surface area contributed by atoms with Gasteiger partial charge in [-0.2, -0.15) is 0 Å². The minimum absolute atomic E-state index is 0.207. The maximum atomic E-state index is 11.8. The lowest BCUT2D eigenvalue weighted by molar-refractivity contribution is 0.465. The average Bonchev–Trinajstić information content (AvgIpc) is 3.01. The van der Waals surface area contributed by atoms with Gasteiger partial charge in [-0.05, 0) is 31.0 Å². The van der Waals surface area contributed by atoms with Crippen molar-refractivity contribution in [2.45, 2.75) is 51.0 Å². The molecule has 3 rings (SSSR count). The number of sulfone groups is 1. The Morgan fingerprint density at radius 1 is 1.11 bits per heavy atom. The fraction of sp³-hybridized carbons (Fsp3) is 0.400. The average molecular weight is 406 g/mol. The van der Waals surface area contributed by atoms with E-state index in [0.717, 1.165) is 47.4 Å². The molecule has 0 aliphatic rings. The molecule has 0 atom stereocenters. The van der Waals surface area contributed by atoms with Crippen molar-refractivity contribution in [1.29, 1.82) is 0 Å². The van der Waals surface area contributed by atoms with E-state index in [1.165, 1.54) is 12.3 Å². The van der Waals surface area contributed by atoms with E-state index in [9.17, 15) is 8.42 Å². The number of aromatic nitrogens is 3. The Balaban J connectivity index is 2.25. The van der Waals surface area contributed by atoms with E-state index in [-0.39, 0.29) is 4.90 Å². The second-order valence-electron chi connectivity index (χ2n) is 6.67. The minimum Gasteiger partial charge on any atom is -0.310 e. The summed E-state index contributed by atoms with van der Waals surface area (Å²) in [5.41, 5.74) is 3.27. The fourth-order valence-electron chi connectivity index (χ4n) is 3.48. The zero-order valence-corrected chi connectivity index (χ0v) is 17.6. The summed E-state index contributed by atoms with van der Waals surface area (Å²) >= 11 is 6.45. The molecular formula is C20H24ClN3O2S. The standard InChI is InChI=1S/C20H24ClN3O2S/c1-5-13(6-2)24-18(7-3)23-19-16(10-11-22-20(19)24)15-9-8-14(12-17(15)21)27(4,25)26/h8-13H,5-7H2,1-4H3. The lowest BCUT2D eigenvalue weighted by Gasteiger charge is -2.17. The highest BCUT2D eigenvalue weighted by molar-refractivity contribution is 7.90. The second-order valence-corrected chi connectivity index (χ2v) is 9.09. The molecule has 144 valence electrons. The van der Waals surface area contributed by atoms with E-state index in [1.807, 2.05) is 6.07 Å². The molecule has 0 fully saturated rings.